The maximum atomic E-state index is 12.3. The minimum atomic E-state index is -0.585. The second-order valence-electron chi connectivity index (χ2n) is 1.79. The quantitative estimate of drug-likeness (QED) is 0.642. The van der Waals surface area contributed by atoms with E-state index < -0.39 is 11.6 Å². The Bertz CT molecular complexity index is 223. The second kappa shape index (κ2) is 3.79. The van der Waals surface area contributed by atoms with E-state index in [-0.39, 0.29) is 20.1 Å². The Morgan fingerprint density at radius 1 is 1.40 bits per heavy atom. The molecule has 0 nitrogen and oxygen atoms in total. The molecule has 0 aromatic heterocycles. The molecule has 3 heteroatoms. The van der Waals surface area contributed by atoms with Crippen molar-refractivity contribution < 1.29 is 28.9 Å². The second-order valence-corrected chi connectivity index (χ2v) is 1.79. The first-order chi connectivity index (χ1) is 4.20. The summed E-state index contributed by atoms with van der Waals surface area (Å²) in [5, 5.41) is 0. The molecule has 0 aliphatic heterocycles. The van der Waals surface area contributed by atoms with Crippen LogP contribution in [-0.2, 0) is 20.1 Å². The molecule has 0 spiro atoms. The third-order valence-corrected chi connectivity index (χ3v) is 1.05. The topological polar surface area (TPSA) is 0 Å². The number of hydrogen-bond acceptors (Lipinski definition) is 0. The zero-order valence-corrected chi connectivity index (χ0v) is 7.64. The smallest absolute Gasteiger partial charge is 0.0143 e. The first-order valence-electron chi connectivity index (χ1n) is 2.53. The summed E-state index contributed by atoms with van der Waals surface area (Å²) in [5.41, 5.74) is 0.344. The molecule has 0 heterocycles. The van der Waals surface area contributed by atoms with Gasteiger partial charge in [-0.3, -0.25) is 8.78 Å². The maximum Gasteiger partial charge on any atom is 0.0143 e. The summed E-state index contributed by atoms with van der Waals surface area (Å²) in [7, 11) is 0. The average Bonchev–Trinajstić information content (AvgIpc) is 1.80. The van der Waals surface area contributed by atoms with Crippen molar-refractivity contribution in [3.05, 3.63) is 35.4 Å². The molecule has 0 saturated carbocycles. The number of benzene rings is 1. The summed E-state index contributed by atoms with van der Waals surface area (Å²) in [6, 6.07) is 4.37. The van der Waals surface area contributed by atoms with E-state index in [0.29, 0.717) is 5.56 Å². The minimum Gasteiger partial charge on any atom is -0.284 e. The third kappa shape index (κ3) is 2.16. The Morgan fingerprint density at radius 3 is 2.40 bits per heavy atom. The van der Waals surface area contributed by atoms with Crippen molar-refractivity contribution in [1.82, 2.24) is 0 Å². The molecule has 0 atom stereocenters. The molecule has 0 aliphatic carbocycles. The summed E-state index contributed by atoms with van der Waals surface area (Å²) in [6.45, 7) is 1.54. The van der Waals surface area contributed by atoms with Crippen LogP contribution in [0.2, 0.25) is 0 Å². The van der Waals surface area contributed by atoms with Crippen molar-refractivity contribution in [2.24, 2.45) is 0 Å². The number of hydrogen-bond donors (Lipinski definition) is 0. The van der Waals surface area contributed by atoms with E-state index in [0.717, 1.165) is 12.1 Å². The molecule has 0 bridgehead atoms. The van der Waals surface area contributed by atoms with Gasteiger partial charge >= 0.3 is 0 Å². The van der Waals surface area contributed by atoms with Crippen LogP contribution in [0.15, 0.2) is 12.1 Å². The Morgan fingerprint density at radius 2 is 2.00 bits per heavy atom. The van der Waals surface area contributed by atoms with E-state index in [1.54, 1.807) is 0 Å². The zero-order chi connectivity index (χ0) is 6.85. The van der Waals surface area contributed by atoms with Crippen LogP contribution >= 0.6 is 0 Å². The largest absolute Gasteiger partial charge is 0.284 e. The maximum absolute atomic E-state index is 12.3. The van der Waals surface area contributed by atoms with Gasteiger partial charge in [-0.15, -0.1) is 17.7 Å². The minimum absolute atomic E-state index is 0. The predicted octanol–water partition coefficient (Wildman–Crippen LogP) is 2.07. The molecule has 1 rings (SSSR count). The first-order valence-corrected chi connectivity index (χ1v) is 2.53. The van der Waals surface area contributed by atoms with Crippen LogP contribution in [0.1, 0.15) is 5.56 Å². The SMILES string of the molecule is Cc1[c-]cc(F)cc1F.[Ir]. The third-order valence-electron chi connectivity index (χ3n) is 1.05. The van der Waals surface area contributed by atoms with Crippen LogP contribution < -0.4 is 0 Å². The summed E-state index contributed by atoms with van der Waals surface area (Å²) in [5.74, 6) is -1.13. The molecule has 1 radical (unpaired) electrons. The fourth-order valence-electron chi connectivity index (χ4n) is 0.517. The van der Waals surface area contributed by atoms with Crippen molar-refractivity contribution in [2.75, 3.05) is 0 Å². The molecule has 0 saturated heterocycles. The van der Waals surface area contributed by atoms with Crippen molar-refractivity contribution in [3.63, 3.8) is 0 Å². The predicted molar refractivity (Wildman–Crippen MR) is 29.9 cm³/mol. The molecule has 0 amide bonds. The van der Waals surface area contributed by atoms with E-state index in [1.165, 1.54) is 6.92 Å². The van der Waals surface area contributed by atoms with E-state index in [4.69, 9.17) is 0 Å². The van der Waals surface area contributed by atoms with Crippen LogP contribution in [0.25, 0.3) is 0 Å². The van der Waals surface area contributed by atoms with Gasteiger partial charge in [-0.1, -0.05) is 6.92 Å². The number of rotatable bonds is 0. The van der Waals surface area contributed by atoms with Crippen LogP contribution in [0, 0.1) is 24.6 Å². The molecule has 57 valence electrons. The Labute approximate surface area is 71.6 Å². The van der Waals surface area contributed by atoms with Gasteiger partial charge in [-0.05, 0) is 0 Å². The molecule has 0 aliphatic rings. The van der Waals surface area contributed by atoms with Crippen molar-refractivity contribution in [3.8, 4) is 0 Å². The summed E-state index contributed by atoms with van der Waals surface area (Å²) >= 11 is 0. The van der Waals surface area contributed by atoms with Gasteiger partial charge in [0, 0.05) is 31.7 Å². The molecular formula is C7H5F2Ir-. The van der Waals surface area contributed by atoms with Gasteiger partial charge < -0.3 is 0 Å². The van der Waals surface area contributed by atoms with E-state index in [9.17, 15) is 8.78 Å². The molecule has 0 unspecified atom stereocenters. The standard InChI is InChI=1S/C7H5F2.Ir/c1-5-2-3-6(8)4-7(5)9;/h3-4H,1H3;/q-1;. The van der Waals surface area contributed by atoms with Gasteiger partial charge in [0.25, 0.3) is 0 Å². The van der Waals surface area contributed by atoms with Crippen molar-refractivity contribution in [2.45, 2.75) is 6.92 Å². The molecule has 1 aromatic rings. The fourth-order valence-corrected chi connectivity index (χ4v) is 0.517. The number of aryl methyl sites for hydroxylation is 1. The summed E-state index contributed by atoms with van der Waals surface area (Å²) < 4.78 is 24.4. The molecule has 10 heavy (non-hydrogen) atoms. The monoisotopic (exact) mass is 320 g/mol. The average molecular weight is 319 g/mol. The summed E-state index contributed by atoms with van der Waals surface area (Å²) in [4.78, 5) is 0. The van der Waals surface area contributed by atoms with Crippen LogP contribution in [0.3, 0.4) is 0 Å². The van der Waals surface area contributed by atoms with Crippen LogP contribution in [0.5, 0.6) is 0 Å². The van der Waals surface area contributed by atoms with Gasteiger partial charge in [0.15, 0.2) is 0 Å². The Kier molecular flexibility index (Phi) is 3.69. The fraction of sp³-hybridized carbons (Fsp3) is 0.143. The number of halogens is 2. The molecule has 0 fully saturated rings. The molecule has 1 aromatic carbocycles. The first kappa shape index (κ1) is 9.73. The van der Waals surface area contributed by atoms with Gasteiger partial charge in [0.2, 0.25) is 0 Å². The molecular weight excluding hydrogens is 314 g/mol. The normalized spacial score (nSPS) is 8.70. The van der Waals surface area contributed by atoms with E-state index >= 15 is 0 Å². The van der Waals surface area contributed by atoms with Gasteiger partial charge in [0.05, 0.1) is 0 Å². The molecule has 0 N–H and O–H groups in total. The van der Waals surface area contributed by atoms with Crippen molar-refractivity contribution >= 4 is 0 Å². The van der Waals surface area contributed by atoms with E-state index in [2.05, 4.69) is 6.07 Å². The Balaban J connectivity index is 0.000000810. The van der Waals surface area contributed by atoms with Crippen LogP contribution in [0.4, 0.5) is 8.78 Å². The van der Waals surface area contributed by atoms with E-state index in [1.807, 2.05) is 0 Å². The van der Waals surface area contributed by atoms with Gasteiger partial charge in [-0.2, -0.15) is 6.07 Å². The summed E-state index contributed by atoms with van der Waals surface area (Å²) in [6.07, 6.45) is 0. The van der Waals surface area contributed by atoms with Crippen LogP contribution in [-0.4, -0.2) is 0 Å². The zero-order valence-electron chi connectivity index (χ0n) is 5.24. The van der Waals surface area contributed by atoms with Crippen molar-refractivity contribution in [1.29, 1.82) is 0 Å². The van der Waals surface area contributed by atoms with Gasteiger partial charge in [-0.25, -0.2) is 0 Å². The van der Waals surface area contributed by atoms with Gasteiger partial charge in [0.1, 0.15) is 0 Å². The Hall–Kier alpha value is -0.271.